The van der Waals surface area contributed by atoms with Crippen LogP contribution in [0.2, 0.25) is 0 Å². The third-order valence-corrected chi connectivity index (χ3v) is 5.10. The standard InChI is InChI=1S/C19H21N5O2/c1-14-4-3-9-23-17(13-22-10-7-20-8-11-22)18(21-19(14)23)15-5-2-6-16(12-15)24(25)26/h2-6,9,12,20H,7-8,10-11,13H2,1H3/p+2. The van der Waals surface area contributed by atoms with Crippen LogP contribution in [0, 0.1) is 17.0 Å². The first-order valence-corrected chi connectivity index (χ1v) is 9.00. The molecule has 3 heterocycles. The normalized spacial score (nSPS) is 15.4. The van der Waals surface area contributed by atoms with Gasteiger partial charge in [-0.2, -0.15) is 0 Å². The minimum absolute atomic E-state index is 0.0992. The highest BCUT2D eigenvalue weighted by Gasteiger charge is 2.23. The fourth-order valence-corrected chi connectivity index (χ4v) is 3.72. The van der Waals surface area contributed by atoms with Crippen LogP contribution in [0.5, 0.6) is 0 Å². The topological polar surface area (TPSA) is 81.5 Å². The first-order chi connectivity index (χ1) is 12.6. The largest absolute Gasteiger partial charge is 0.337 e. The number of aromatic nitrogens is 2. The number of nitro benzene ring substituents is 1. The van der Waals surface area contributed by atoms with Crippen molar-refractivity contribution in [1.82, 2.24) is 9.38 Å². The SMILES string of the molecule is Cc1cccn2c(C[NH+]3CC[NH2+]CC3)c(-c3cccc([N+](=O)[O-])c3)nc12. The number of nitrogens with one attached hydrogen (secondary N) is 1. The summed E-state index contributed by atoms with van der Waals surface area (Å²) >= 11 is 0. The molecule has 0 radical (unpaired) electrons. The Hall–Kier alpha value is -2.77. The van der Waals surface area contributed by atoms with Crippen molar-refractivity contribution < 1.29 is 15.1 Å². The molecule has 0 amide bonds. The highest BCUT2D eigenvalue weighted by Crippen LogP contribution is 2.28. The molecule has 0 saturated carbocycles. The van der Waals surface area contributed by atoms with E-state index in [1.165, 1.54) is 11.0 Å². The summed E-state index contributed by atoms with van der Waals surface area (Å²) in [6.07, 6.45) is 2.04. The van der Waals surface area contributed by atoms with Crippen LogP contribution < -0.4 is 10.2 Å². The molecule has 0 unspecified atom stereocenters. The van der Waals surface area contributed by atoms with Crippen LogP contribution >= 0.6 is 0 Å². The fourth-order valence-electron chi connectivity index (χ4n) is 3.72. The summed E-state index contributed by atoms with van der Waals surface area (Å²) < 4.78 is 2.15. The molecule has 0 aliphatic carbocycles. The van der Waals surface area contributed by atoms with Crippen LogP contribution in [0.1, 0.15) is 11.3 Å². The molecular weight excluding hydrogens is 330 g/mol. The van der Waals surface area contributed by atoms with Crippen LogP contribution in [0.25, 0.3) is 16.9 Å². The predicted molar refractivity (Wildman–Crippen MR) is 98.1 cm³/mol. The van der Waals surface area contributed by atoms with Gasteiger partial charge in [-0.05, 0) is 18.6 Å². The van der Waals surface area contributed by atoms with Crippen LogP contribution in [0.3, 0.4) is 0 Å². The lowest BCUT2D eigenvalue weighted by Crippen LogP contribution is -3.19. The number of fused-ring (bicyclic) bond motifs is 1. The summed E-state index contributed by atoms with van der Waals surface area (Å²) in [5.74, 6) is 0. The van der Waals surface area contributed by atoms with E-state index in [4.69, 9.17) is 4.98 Å². The summed E-state index contributed by atoms with van der Waals surface area (Å²) in [5.41, 5.74) is 4.91. The number of hydrogen-bond donors (Lipinski definition) is 2. The number of benzene rings is 1. The van der Waals surface area contributed by atoms with Crippen LogP contribution in [-0.2, 0) is 6.54 Å². The van der Waals surface area contributed by atoms with Crippen LogP contribution in [0.4, 0.5) is 5.69 Å². The Labute approximate surface area is 151 Å². The van der Waals surface area contributed by atoms with Gasteiger partial charge in [0, 0.05) is 23.9 Å². The third-order valence-electron chi connectivity index (χ3n) is 5.10. The molecule has 4 rings (SSSR count). The summed E-state index contributed by atoms with van der Waals surface area (Å²) in [7, 11) is 0. The Bertz CT molecular complexity index is 960. The fraction of sp³-hybridized carbons (Fsp3) is 0.316. The quantitative estimate of drug-likeness (QED) is 0.519. The van der Waals surface area contributed by atoms with Crippen molar-refractivity contribution in [2.75, 3.05) is 26.2 Å². The summed E-state index contributed by atoms with van der Waals surface area (Å²) in [5, 5.41) is 13.5. The van der Waals surface area contributed by atoms with E-state index in [1.807, 2.05) is 31.3 Å². The second-order valence-electron chi connectivity index (χ2n) is 6.89. The van der Waals surface area contributed by atoms with Gasteiger partial charge < -0.3 is 10.2 Å². The molecular formula is C19H23N5O2+2. The van der Waals surface area contributed by atoms with Gasteiger partial charge in [0.05, 0.1) is 10.6 Å². The zero-order valence-corrected chi connectivity index (χ0v) is 14.8. The zero-order valence-electron chi connectivity index (χ0n) is 14.8. The molecule has 1 saturated heterocycles. The van der Waals surface area contributed by atoms with Crippen molar-refractivity contribution in [2.24, 2.45) is 0 Å². The van der Waals surface area contributed by atoms with Gasteiger partial charge in [-0.15, -0.1) is 0 Å². The van der Waals surface area contributed by atoms with E-state index in [9.17, 15) is 10.1 Å². The molecule has 2 aromatic heterocycles. The Morgan fingerprint density at radius 1 is 1.27 bits per heavy atom. The number of nitro groups is 1. The van der Waals surface area contributed by atoms with Crippen molar-refractivity contribution in [3.05, 3.63) is 64.0 Å². The molecule has 0 bridgehead atoms. The monoisotopic (exact) mass is 353 g/mol. The molecule has 26 heavy (non-hydrogen) atoms. The van der Waals surface area contributed by atoms with Gasteiger partial charge in [-0.25, -0.2) is 4.98 Å². The number of imidazole rings is 1. The van der Waals surface area contributed by atoms with Gasteiger partial charge >= 0.3 is 0 Å². The molecule has 1 aromatic carbocycles. The zero-order chi connectivity index (χ0) is 18.1. The average molecular weight is 353 g/mol. The van der Waals surface area contributed by atoms with Crippen molar-refractivity contribution in [2.45, 2.75) is 13.5 Å². The van der Waals surface area contributed by atoms with Gasteiger partial charge in [0.2, 0.25) is 0 Å². The van der Waals surface area contributed by atoms with Gasteiger partial charge in [-0.3, -0.25) is 14.5 Å². The Morgan fingerprint density at radius 3 is 2.85 bits per heavy atom. The van der Waals surface area contributed by atoms with Gasteiger partial charge in [0.15, 0.2) is 0 Å². The van der Waals surface area contributed by atoms with E-state index < -0.39 is 0 Å². The van der Waals surface area contributed by atoms with E-state index in [1.54, 1.807) is 12.1 Å². The van der Waals surface area contributed by atoms with E-state index >= 15 is 0 Å². The molecule has 1 fully saturated rings. The van der Waals surface area contributed by atoms with Crippen LogP contribution in [-0.4, -0.2) is 40.5 Å². The van der Waals surface area contributed by atoms with Gasteiger partial charge in [0.1, 0.15) is 44.1 Å². The molecule has 1 aliphatic rings. The average Bonchev–Trinajstić information content (AvgIpc) is 3.03. The highest BCUT2D eigenvalue weighted by atomic mass is 16.6. The number of nitrogens with zero attached hydrogens (tertiary/aromatic N) is 3. The van der Waals surface area contributed by atoms with Crippen molar-refractivity contribution in [3.63, 3.8) is 0 Å². The molecule has 0 spiro atoms. The van der Waals surface area contributed by atoms with Crippen LogP contribution in [0.15, 0.2) is 42.6 Å². The van der Waals surface area contributed by atoms with Gasteiger partial charge in [-0.1, -0.05) is 18.2 Å². The smallest absolute Gasteiger partial charge is 0.270 e. The molecule has 7 nitrogen and oxygen atoms in total. The maximum atomic E-state index is 11.2. The summed E-state index contributed by atoms with van der Waals surface area (Å²) in [6, 6.07) is 10.9. The number of piperazine rings is 1. The minimum Gasteiger partial charge on any atom is -0.337 e. The molecule has 0 atom stereocenters. The first kappa shape index (κ1) is 16.7. The third kappa shape index (κ3) is 3.07. The Kier molecular flexibility index (Phi) is 4.40. The maximum absolute atomic E-state index is 11.2. The lowest BCUT2D eigenvalue weighted by Gasteiger charge is -2.22. The summed E-state index contributed by atoms with van der Waals surface area (Å²) in [4.78, 5) is 17.2. The number of pyridine rings is 1. The molecule has 7 heteroatoms. The maximum Gasteiger partial charge on any atom is 0.270 e. The van der Waals surface area contributed by atoms with E-state index in [-0.39, 0.29) is 10.6 Å². The molecule has 1 aliphatic heterocycles. The number of rotatable bonds is 4. The lowest BCUT2D eigenvalue weighted by molar-refractivity contribution is -0.958. The number of quaternary nitrogens is 2. The van der Waals surface area contributed by atoms with E-state index in [0.717, 1.165) is 60.9 Å². The first-order valence-electron chi connectivity index (χ1n) is 9.00. The predicted octanol–water partition coefficient (Wildman–Crippen LogP) is 0.180. The van der Waals surface area contributed by atoms with E-state index in [0.29, 0.717) is 0 Å². The number of nitrogens with two attached hydrogens (primary N) is 1. The molecule has 3 aromatic rings. The molecule has 3 N–H and O–H groups in total. The van der Waals surface area contributed by atoms with Crippen molar-refractivity contribution in [3.8, 4) is 11.3 Å². The number of hydrogen-bond acceptors (Lipinski definition) is 3. The second-order valence-corrected chi connectivity index (χ2v) is 6.89. The number of aryl methyl sites for hydroxylation is 1. The van der Waals surface area contributed by atoms with Crippen molar-refractivity contribution >= 4 is 11.3 Å². The highest BCUT2D eigenvalue weighted by molar-refractivity contribution is 5.69. The minimum atomic E-state index is -0.351. The summed E-state index contributed by atoms with van der Waals surface area (Å²) in [6.45, 7) is 7.43. The Morgan fingerprint density at radius 2 is 2.08 bits per heavy atom. The lowest BCUT2D eigenvalue weighted by atomic mass is 10.1. The van der Waals surface area contributed by atoms with Crippen molar-refractivity contribution in [1.29, 1.82) is 0 Å². The van der Waals surface area contributed by atoms with Gasteiger partial charge in [0.25, 0.3) is 5.69 Å². The number of non-ortho nitro benzene ring substituents is 1. The molecule has 134 valence electrons. The Balaban J connectivity index is 1.84. The second kappa shape index (κ2) is 6.86. The van der Waals surface area contributed by atoms with E-state index in [2.05, 4.69) is 9.72 Å².